The van der Waals surface area contributed by atoms with Gasteiger partial charge in [0.2, 0.25) is 5.91 Å². The first kappa shape index (κ1) is 17.2. The van der Waals surface area contributed by atoms with Gasteiger partial charge in [0, 0.05) is 12.1 Å². The standard InChI is InChI=1S/C16H27BN2O3/c1-12-11-13(2)19(18-12)14(20)9-7-8-10-17-21-15(3,4)16(5,6)22-17/h11H,7-10H2,1-6H3. The molecule has 5 nitrogen and oxygen atoms in total. The van der Waals surface area contributed by atoms with Crippen LogP contribution >= 0.6 is 0 Å². The molecule has 22 heavy (non-hydrogen) atoms. The van der Waals surface area contributed by atoms with E-state index >= 15 is 0 Å². The number of carbonyl (C=O) groups excluding carboxylic acids is 1. The summed E-state index contributed by atoms with van der Waals surface area (Å²) in [6, 6.07) is 1.92. The lowest BCUT2D eigenvalue weighted by Gasteiger charge is -2.32. The highest BCUT2D eigenvalue weighted by Gasteiger charge is 2.50. The predicted molar refractivity (Wildman–Crippen MR) is 87.1 cm³/mol. The Balaban J connectivity index is 1.74. The van der Waals surface area contributed by atoms with E-state index in [-0.39, 0.29) is 24.2 Å². The summed E-state index contributed by atoms with van der Waals surface area (Å²) < 4.78 is 13.4. The van der Waals surface area contributed by atoms with Gasteiger partial charge in [0.15, 0.2) is 0 Å². The average molecular weight is 306 g/mol. The Morgan fingerprint density at radius 2 is 1.77 bits per heavy atom. The molecule has 2 rings (SSSR count). The molecule has 2 heterocycles. The fourth-order valence-corrected chi connectivity index (χ4v) is 2.66. The molecule has 1 fully saturated rings. The molecular formula is C16H27BN2O3. The lowest BCUT2D eigenvalue weighted by Crippen LogP contribution is -2.41. The molecule has 0 atom stereocenters. The van der Waals surface area contributed by atoms with Crippen LogP contribution in [0.5, 0.6) is 0 Å². The van der Waals surface area contributed by atoms with Crippen molar-refractivity contribution in [2.24, 2.45) is 0 Å². The van der Waals surface area contributed by atoms with Crippen molar-refractivity contribution in [2.75, 3.05) is 0 Å². The van der Waals surface area contributed by atoms with Crippen LogP contribution in [0.25, 0.3) is 0 Å². The lowest BCUT2D eigenvalue weighted by atomic mass is 9.82. The first-order valence-corrected chi connectivity index (χ1v) is 8.04. The third-order valence-corrected chi connectivity index (χ3v) is 4.63. The number of nitrogens with zero attached hydrogens (tertiary/aromatic N) is 2. The zero-order valence-electron chi connectivity index (χ0n) is 14.6. The fraction of sp³-hybridized carbons (Fsp3) is 0.750. The maximum absolute atomic E-state index is 12.1. The zero-order chi connectivity index (χ0) is 16.5. The van der Waals surface area contributed by atoms with Gasteiger partial charge in [-0.05, 0) is 60.3 Å². The summed E-state index contributed by atoms with van der Waals surface area (Å²) >= 11 is 0. The Morgan fingerprint density at radius 1 is 1.18 bits per heavy atom. The summed E-state index contributed by atoms with van der Waals surface area (Å²) in [5.74, 6) is 0.0551. The maximum Gasteiger partial charge on any atom is 0.457 e. The molecule has 0 amide bonds. The van der Waals surface area contributed by atoms with Crippen LogP contribution in [0.2, 0.25) is 6.32 Å². The Morgan fingerprint density at radius 3 is 2.27 bits per heavy atom. The summed E-state index contributed by atoms with van der Waals surface area (Å²) in [5.41, 5.74) is 1.21. The van der Waals surface area contributed by atoms with Crippen LogP contribution in [0.1, 0.15) is 63.1 Å². The second kappa shape index (κ2) is 6.16. The van der Waals surface area contributed by atoms with Crippen LogP contribution in [0, 0.1) is 13.8 Å². The second-order valence-corrected chi connectivity index (χ2v) is 7.16. The molecule has 0 aromatic carbocycles. The topological polar surface area (TPSA) is 53.4 Å². The summed E-state index contributed by atoms with van der Waals surface area (Å²) in [7, 11) is -0.172. The Bertz CT molecular complexity index is 536. The monoisotopic (exact) mass is 306 g/mol. The molecular weight excluding hydrogens is 279 g/mol. The largest absolute Gasteiger partial charge is 0.457 e. The van der Waals surface area contributed by atoms with Crippen LogP contribution in [0.3, 0.4) is 0 Å². The summed E-state index contributed by atoms with van der Waals surface area (Å²) in [6.07, 6.45) is 3.04. The van der Waals surface area contributed by atoms with E-state index in [0.29, 0.717) is 6.42 Å². The van der Waals surface area contributed by atoms with Gasteiger partial charge in [0.25, 0.3) is 0 Å². The molecule has 1 aromatic heterocycles. The minimum absolute atomic E-state index is 0.0551. The van der Waals surface area contributed by atoms with Crippen LogP contribution in [0.15, 0.2) is 6.07 Å². The van der Waals surface area contributed by atoms with Crippen molar-refractivity contribution in [3.63, 3.8) is 0 Å². The minimum Gasteiger partial charge on any atom is -0.403 e. The smallest absolute Gasteiger partial charge is 0.403 e. The Hall–Kier alpha value is -1.14. The molecule has 0 N–H and O–H groups in total. The number of aryl methyl sites for hydroxylation is 2. The first-order valence-electron chi connectivity index (χ1n) is 8.04. The molecule has 0 saturated carbocycles. The normalized spacial score (nSPS) is 19.6. The SMILES string of the molecule is Cc1cc(C)n(C(=O)CCCCB2OC(C)(C)C(C)(C)O2)n1. The molecule has 0 spiro atoms. The molecule has 122 valence electrons. The number of carbonyl (C=O) groups is 1. The lowest BCUT2D eigenvalue weighted by molar-refractivity contribution is 0.00578. The van der Waals surface area contributed by atoms with E-state index in [4.69, 9.17) is 9.31 Å². The van der Waals surface area contributed by atoms with E-state index in [9.17, 15) is 4.79 Å². The highest BCUT2D eigenvalue weighted by molar-refractivity contribution is 6.45. The molecule has 0 aliphatic carbocycles. The molecule has 0 bridgehead atoms. The van der Waals surface area contributed by atoms with Gasteiger partial charge in [-0.1, -0.05) is 6.42 Å². The molecule has 1 aromatic rings. The van der Waals surface area contributed by atoms with Crippen molar-refractivity contribution < 1.29 is 14.1 Å². The van der Waals surface area contributed by atoms with Gasteiger partial charge in [0.1, 0.15) is 0 Å². The molecule has 0 radical (unpaired) electrons. The summed E-state index contributed by atoms with van der Waals surface area (Å²) in [4.78, 5) is 12.1. The zero-order valence-corrected chi connectivity index (χ0v) is 14.6. The van der Waals surface area contributed by atoms with Gasteiger partial charge in [-0.3, -0.25) is 4.79 Å². The number of aromatic nitrogens is 2. The van der Waals surface area contributed by atoms with Crippen molar-refractivity contribution in [3.05, 3.63) is 17.5 Å². The van der Waals surface area contributed by atoms with E-state index in [1.807, 2.05) is 19.9 Å². The van der Waals surface area contributed by atoms with E-state index in [1.54, 1.807) is 0 Å². The molecule has 1 saturated heterocycles. The van der Waals surface area contributed by atoms with E-state index < -0.39 is 0 Å². The van der Waals surface area contributed by atoms with Crippen molar-refractivity contribution in [1.29, 1.82) is 0 Å². The van der Waals surface area contributed by atoms with Crippen LogP contribution in [0.4, 0.5) is 0 Å². The van der Waals surface area contributed by atoms with E-state index in [2.05, 4.69) is 32.8 Å². The number of hydrogen-bond donors (Lipinski definition) is 0. The van der Waals surface area contributed by atoms with Crippen molar-refractivity contribution in [2.45, 2.75) is 78.3 Å². The number of rotatable bonds is 5. The molecule has 6 heteroatoms. The van der Waals surface area contributed by atoms with Gasteiger partial charge >= 0.3 is 7.12 Å². The van der Waals surface area contributed by atoms with Gasteiger partial charge in [-0.15, -0.1) is 0 Å². The summed E-state index contributed by atoms with van der Waals surface area (Å²) in [5, 5.41) is 4.22. The fourth-order valence-electron chi connectivity index (χ4n) is 2.66. The number of unbranched alkanes of at least 4 members (excludes halogenated alkanes) is 1. The average Bonchev–Trinajstić information content (AvgIpc) is 2.81. The maximum atomic E-state index is 12.1. The van der Waals surface area contributed by atoms with Crippen molar-refractivity contribution in [3.8, 4) is 0 Å². The predicted octanol–water partition coefficient (Wildman–Crippen LogP) is 3.40. The highest BCUT2D eigenvalue weighted by atomic mass is 16.7. The number of hydrogen-bond acceptors (Lipinski definition) is 4. The molecule has 0 unspecified atom stereocenters. The summed E-state index contributed by atoms with van der Waals surface area (Å²) in [6.45, 7) is 12.0. The first-order chi connectivity index (χ1) is 10.1. The highest BCUT2D eigenvalue weighted by Crippen LogP contribution is 2.38. The van der Waals surface area contributed by atoms with Crippen LogP contribution in [-0.2, 0) is 9.31 Å². The Labute approximate surface area is 133 Å². The molecule has 1 aliphatic rings. The van der Waals surface area contributed by atoms with Gasteiger partial charge < -0.3 is 9.31 Å². The van der Waals surface area contributed by atoms with Crippen molar-refractivity contribution in [1.82, 2.24) is 9.78 Å². The molecule has 1 aliphatic heterocycles. The Kier molecular flexibility index (Phi) is 4.83. The van der Waals surface area contributed by atoms with Gasteiger partial charge in [-0.25, -0.2) is 4.68 Å². The van der Waals surface area contributed by atoms with Crippen LogP contribution in [-0.4, -0.2) is 34.0 Å². The minimum atomic E-state index is -0.281. The van der Waals surface area contributed by atoms with E-state index in [1.165, 1.54) is 4.68 Å². The van der Waals surface area contributed by atoms with E-state index in [0.717, 1.165) is 30.5 Å². The third kappa shape index (κ3) is 3.61. The quantitative estimate of drug-likeness (QED) is 0.618. The van der Waals surface area contributed by atoms with Crippen LogP contribution < -0.4 is 0 Å². The second-order valence-electron chi connectivity index (χ2n) is 7.16. The van der Waals surface area contributed by atoms with Gasteiger partial charge in [0.05, 0.1) is 16.9 Å². The van der Waals surface area contributed by atoms with Gasteiger partial charge in [-0.2, -0.15) is 5.10 Å². The third-order valence-electron chi connectivity index (χ3n) is 4.63. The van der Waals surface area contributed by atoms with Crippen molar-refractivity contribution >= 4 is 13.0 Å².